The number of nitrogens with zero attached hydrogens (tertiary/aromatic N) is 4. The molecule has 37 heavy (non-hydrogen) atoms. The Balaban J connectivity index is 1.71. The van der Waals surface area contributed by atoms with Gasteiger partial charge in [-0.05, 0) is 54.3 Å². The molecule has 0 saturated carbocycles. The first-order valence-corrected chi connectivity index (χ1v) is 11.8. The lowest BCUT2D eigenvalue weighted by Crippen LogP contribution is -2.42. The van der Waals surface area contributed by atoms with E-state index in [1.807, 2.05) is 26.0 Å². The van der Waals surface area contributed by atoms with Crippen LogP contribution in [-0.2, 0) is 25.4 Å². The molecule has 4 aromatic rings. The van der Waals surface area contributed by atoms with E-state index in [9.17, 15) is 5.26 Å². The number of nitrogens with two attached hydrogens (primary N) is 1. The largest absolute Gasteiger partial charge is 0.497 e. The second-order valence-electron chi connectivity index (χ2n) is 8.62. The molecule has 4 rings (SSSR count). The minimum atomic E-state index is -3.47. The summed E-state index contributed by atoms with van der Waals surface area (Å²) in [7, 11) is 1.56. The number of ether oxygens (including phenoxy) is 1. The molecule has 0 atom stereocenters. The van der Waals surface area contributed by atoms with Crippen molar-refractivity contribution in [2.24, 2.45) is 10.8 Å². The molecule has 0 aliphatic heterocycles. The van der Waals surface area contributed by atoms with Crippen molar-refractivity contribution in [2.45, 2.75) is 39.3 Å². The maximum absolute atomic E-state index is 15.6. The Morgan fingerprint density at radius 1 is 1.19 bits per heavy atom. The van der Waals surface area contributed by atoms with Crippen LogP contribution in [0.25, 0.3) is 10.9 Å². The maximum Gasteiger partial charge on any atom is 0.330 e. The van der Waals surface area contributed by atoms with Gasteiger partial charge in [-0.3, -0.25) is 9.67 Å². The Bertz CT molecular complexity index is 1490. The molecule has 9 heteroatoms. The number of fused-ring (bicyclic) bond motifs is 1. The van der Waals surface area contributed by atoms with E-state index in [-0.39, 0.29) is 12.1 Å². The Labute approximate surface area is 214 Å². The molecule has 3 N–H and O–H groups in total. The van der Waals surface area contributed by atoms with Gasteiger partial charge in [0.25, 0.3) is 0 Å². The molecule has 0 saturated heterocycles. The fourth-order valence-corrected chi connectivity index (χ4v) is 4.34. The van der Waals surface area contributed by atoms with E-state index in [4.69, 9.17) is 10.6 Å². The molecule has 0 amide bonds. The van der Waals surface area contributed by atoms with Gasteiger partial charge in [0.1, 0.15) is 5.75 Å². The number of nitriles is 1. The number of aliphatic imine (C=N–C) groups is 1. The van der Waals surface area contributed by atoms with Crippen molar-refractivity contribution in [1.29, 1.82) is 5.26 Å². The monoisotopic (exact) mass is 502 g/mol. The number of benzene rings is 3. The SMILES string of the molecule is CCc1cccc(C#N)c1Cn1nc(C)c2ccc(C(F)(F)C(=NCc3ccc(OC)cc3)NN)cc21. The molecule has 1 heterocycles. The second-order valence-corrected chi connectivity index (χ2v) is 8.62. The highest BCUT2D eigenvalue weighted by atomic mass is 19.3. The standard InChI is InChI=1S/C28H28F2N6O/c1-4-20-6-5-7-21(15-31)25(20)17-36-26-14-22(10-13-24(26)18(2)35-36)28(29,30)27(34-32)33-16-19-8-11-23(37-3)12-9-19/h5-14H,4,16-17,32H2,1-3H3,(H,33,34). The summed E-state index contributed by atoms with van der Waals surface area (Å²) in [4.78, 5) is 4.07. The summed E-state index contributed by atoms with van der Waals surface area (Å²) in [5.74, 6) is 2.04. The first-order chi connectivity index (χ1) is 17.8. The van der Waals surface area contributed by atoms with Crippen LogP contribution >= 0.6 is 0 Å². The number of hydrogen-bond donors (Lipinski definition) is 2. The lowest BCUT2D eigenvalue weighted by Gasteiger charge is -2.19. The summed E-state index contributed by atoms with van der Waals surface area (Å²) in [6, 6.07) is 19.2. The quantitative estimate of drug-likeness (QED) is 0.153. The fourth-order valence-electron chi connectivity index (χ4n) is 4.34. The molecular weight excluding hydrogens is 474 g/mol. The van der Waals surface area contributed by atoms with Gasteiger partial charge in [-0.15, -0.1) is 0 Å². The third kappa shape index (κ3) is 5.15. The first kappa shape index (κ1) is 25.8. The third-order valence-corrected chi connectivity index (χ3v) is 6.39. The van der Waals surface area contributed by atoms with Crippen molar-refractivity contribution in [3.8, 4) is 11.8 Å². The average molecular weight is 503 g/mol. The van der Waals surface area contributed by atoms with Crippen molar-refractivity contribution in [1.82, 2.24) is 15.2 Å². The molecular formula is C28H28F2N6O. The van der Waals surface area contributed by atoms with E-state index in [2.05, 4.69) is 21.6 Å². The Morgan fingerprint density at radius 2 is 1.95 bits per heavy atom. The van der Waals surface area contributed by atoms with E-state index in [0.717, 1.165) is 28.5 Å². The van der Waals surface area contributed by atoms with Gasteiger partial charge in [-0.1, -0.05) is 43.3 Å². The predicted molar refractivity (Wildman–Crippen MR) is 139 cm³/mol. The van der Waals surface area contributed by atoms with E-state index < -0.39 is 11.8 Å². The van der Waals surface area contributed by atoms with Gasteiger partial charge in [-0.2, -0.15) is 19.1 Å². The predicted octanol–water partition coefficient (Wildman–Crippen LogP) is 4.99. The summed E-state index contributed by atoms with van der Waals surface area (Å²) in [6.07, 6.45) is 0.739. The average Bonchev–Trinajstić information content (AvgIpc) is 3.23. The highest BCUT2D eigenvalue weighted by Crippen LogP contribution is 2.33. The van der Waals surface area contributed by atoms with Crippen LogP contribution in [0.2, 0.25) is 0 Å². The number of aryl methyl sites for hydroxylation is 2. The van der Waals surface area contributed by atoms with Crippen LogP contribution in [0.1, 0.15) is 40.4 Å². The molecule has 1 aromatic heterocycles. The zero-order valence-electron chi connectivity index (χ0n) is 20.9. The van der Waals surface area contributed by atoms with Crippen molar-refractivity contribution in [2.75, 3.05) is 7.11 Å². The highest BCUT2D eigenvalue weighted by Gasteiger charge is 2.38. The Kier molecular flexibility index (Phi) is 7.50. The number of hydrazine groups is 1. The molecule has 190 valence electrons. The molecule has 7 nitrogen and oxygen atoms in total. The molecule has 0 aliphatic carbocycles. The van der Waals surface area contributed by atoms with Crippen LogP contribution in [-0.4, -0.2) is 22.7 Å². The number of aromatic nitrogens is 2. The van der Waals surface area contributed by atoms with Crippen molar-refractivity contribution < 1.29 is 13.5 Å². The number of halogens is 2. The summed E-state index contributed by atoms with van der Waals surface area (Å²) >= 11 is 0. The first-order valence-electron chi connectivity index (χ1n) is 11.8. The molecule has 0 fully saturated rings. The highest BCUT2D eigenvalue weighted by molar-refractivity contribution is 5.91. The van der Waals surface area contributed by atoms with E-state index in [1.54, 1.807) is 48.2 Å². The number of methoxy groups -OCH3 is 1. The third-order valence-electron chi connectivity index (χ3n) is 6.39. The molecule has 0 aliphatic rings. The smallest absolute Gasteiger partial charge is 0.330 e. The van der Waals surface area contributed by atoms with Crippen LogP contribution in [0.5, 0.6) is 5.75 Å². The number of rotatable bonds is 8. The second kappa shape index (κ2) is 10.8. The van der Waals surface area contributed by atoms with Gasteiger partial charge in [0.2, 0.25) is 0 Å². The number of nitrogens with one attached hydrogen (secondary N) is 1. The van der Waals surface area contributed by atoms with Gasteiger partial charge in [-0.25, -0.2) is 5.84 Å². The zero-order valence-corrected chi connectivity index (χ0v) is 20.9. The zero-order chi connectivity index (χ0) is 26.6. The summed E-state index contributed by atoms with van der Waals surface area (Å²) in [5.41, 5.74) is 6.20. The van der Waals surface area contributed by atoms with Crippen molar-refractivity contribution in [3.63, 3.8) is 0 Å². The summed E-state index contributed by atoms with van der Waals surface area (Å²) in [6.45, 7) is 4.15. The minimum absolute atomic E-state index is 0.0170. The Hall–Kier alpha value is -4.29. The number of amidine groups is 1. The molecule has 0 spiro atoms. The number of alkyl halides is 2. The van der Waals surface area contributed by atoms with Gasteiger partial charge in [0.05, 0.1) is 43.0 Å². The van der Waals surface area contributed by atoms with Crippen LogP contribution < -0.4 is 16.0 Å². The number of hydrogen-bond acceptors (Lipinski definition) is 5. The topological polar surface area (TPSA) is 101 Å². The molecule has 0 unspecified atom stereocenters. The summed E-state index contributed by atoms with van der Waals surface area (Å²) < 4.78 is 38.0. The van der Waals surface area contributed by atoms with Crippen LogP contribution in [0.15, 0.2) is 65.7 Å². The van der Waals surface area contributed by atoms with Gasteiger partial charge in [0.15, 0.2) is 5.84 Å². The van der Waals surface area contributed by atoms with E-state index in [1.165, 1.54) is 12.1 Å². The fraction of sp³-hybridized carbons (Fsp3) is 0.250. The van der Waals surface area contributed by atoms with Crippen molar-refractivity contribution in [3.05, 3.63) is 94.2 Å². The molecule has 0 radical (unpaired) electrons. The van der Waals surface area contributed by atoms with Gasteiger partial charge < -0.3 is 10.2 Å². The lowest BCUT2D eigenvalue weighted by molar-refractivity contribution is 0.0713. The normalized spacial score (nSPS) is 12.0. The maximum atomic E-state index is 15.6. The molecule has 0 bridgehead atoms. The van der Waals surface area contributed by atoms with Gasteiger partial charge >= 0.3 is 5.92 Å². The van der Waals surface area contributed by atoms with E-state index >= 15 is 8.78 Å². The van der Waals surface area contributed by atoms with Crippen molar-refractivity contribution >= 4 is 16.7 Å². The van der Waals surface area contributed by atoms with Crippen LogP contribution in [0.3, 0.4) is 0 Å². The van der Waals surface area contributed by atoms with Crippen LogP contribution in [0, 0.1) is 18.3 Å². The lowest BCUT2D eigenvalue weighted by atomic mass is 9.99. The van der Waals surface area contributed by atoms with E-state index in [0.29, 0.717) is 29.1 Å². The minimum Gasteiger partial charge on any atom is -0.497 e. The van der Waals surface area contributed by atoms with Crippen LogP contribution in [0.4, 0.5) is 8.78 Å². The van der Waals surface area contributed by atoms with Gasteiger partial charge in [0, 0.05) is 10.9 Å². The summed E-state index contributed by atoms with van der Waals surface area (Å²) in [5, 5.41) is 15.0. The Morgan fingerprint density at radius 3 is 2.59 bits per heavy atom. The molecule has 3 aromatic carbocycles.